The molecule has 1 aromatic carbocycles. The molecule has 4 heteroatoms. The number of rotatable bonds is 8. The molecule has 1 rings (SSSR count). The molecule has 0 saturated heterocycles. The fourth-order valence-corrected chi connectivity index (χ4v) is 1.86. The van der Waals surface area contributed by atoms with Crippen LogP contribution in [0.15, 0.2) is 24.3 Å². The SMILES string of the molecule is CCCCCCCC(=O)Nc1cccc(C(N)=O)c1. The van der Waals surface area contributed by atoms with E-state index in [9.17, 15) is 9.59 Å². The molecule has 0 spiro atoms. The molecule has 2 amide bonds. The molecule has 0 heterocycles. The summed E-state index contributed by atoms with van der Waals surface area (Å²) >= 11 is 0. The molecule has 0 unspecified atom stereocenters. The summed E-state index contributed by atoms with van der Waals surface area (Å²) in [6.45, 7) is 2.17. The Hall–Kier alpha value is -1.84. The van der Waals surface area contributed by atoms with E-state index >= 15 is 0 Å². The average molecular weight is 262 g/mol. The van der Waals surface area contributed by atoms with Crippen LogP contribution in [0, 0.1) is 0 Å². The molecule has 19 heavy (non-hydrogen) atoms. The van der Waals surface area contributed by atoms with Gasteiger partial charge >= 0.3 is 0 Å². The Bertz CT molecular complexity index is 430. The molecule has 0 fully saturated rings. The van der Waals surface area contributed by atoms with E-state index in [1.54, 1.807) is 24.3 Å². The van der Waals surface area contributed by atoms with Crippen molar-refractivity contribution in [1.82, 2.24) is 0 Å². The minimum absolute atomic E-state index is 0.0156. The van der Waals surface area contributed by atoms with E-state index in [1.807, 2.05) is 0 Å². The van der Waals surface area contributed by atoms with Crippen molar-refractivity contribution in [2.75, 3.05) is 5.32 Å². The van der Waals surface area contributed by atoms with Gasteiger partial charge in [-0.3, -0.25) is 9.59 Å². The first-order valence-electron chi connectivity index (χ1n) is 6.83. The Balaban J connectivity index is 2.35. The van der Waals surface area contributed by atoms with Gasteiger partial charge in [-0.05, 0) is 24.6 Å². The van der Waals surface area contributed by atoms with Crippen molar-refractivity contribution in [2.24, 2.45) is 5.73 Å². The summed E-state index contributed by atoms with van der Waals surface area (Å²) in [6, 6.07) is 6.68. The van der Waals surface area contributed by atoms with Gasteiger partial charge in [0.25, 0.3) is 0 Å². The Labute approximate surface area is 114 Å². The molecule has 0 aromatic heterocycles. The van der Waals surface area contributed by atoms with E-state index in [0.29, 0.717) is 17.7 Å². The van der Waals surface area contributed by atoms with E-state index in [2.05, 4.69) is 12.2 Å². The third kappa shape index (κ3) is 6.04. The monoisotopic (exact) mass is 262 g/mol. The minimum atomic E-state index is -0.490. The van der Waals surface area contributed by atoms with Gasteiger partial charge in [0.2, 0.25) is 11.8 Å². The molecule has 0 aliphatic rings. The Morgan fingerprint density at radius 3 is 2.58 bits per heavy atom. The van der Waals surface area contributed by atoms with Gasteiger partial charge in [0.1, 0.15) is 0 Å². The average Bonchev–Trinajstić information content (AvgIpc) is 2.38. The van der Waals surface area contributed by atoms with Crippen LogP contribution >= 0.6 is 0 Å². The van der Waals surface area contributed by atoms with Crippen LogP contribution in [-0.2, 0) is 4.79 Å². The van der Waals surface area contributed by atoms with Gasteiger partial charge in [-0.1, -0.05) is 38.7 Å². The number of anilines is 1. The van der Waals surface area contributed by atoms with Crippen LogP contribution in [-0.4, -0.2) is 11.8 Å². The second-order valence-corrected chi connectivity index (χ2v) is 4.66. The van der Waals surface area contributed by atoms with Crippen LogP contribution in [0.1, 0.15) is 55.8 Å². The summed E-state index contributed by atoms with van der Waals surface area (Å²) in [5, 5.41) is 2.78. The van der Waals surface area contributed by atoms with Crippen molar-refractivity contribution >= 4 is 17.5 Å². The minimum Gasteiger partial charge on any atom is -0.366 e. The third-order valence-electron chi connectivity index (χ3n) is 2.94. The summed E-state index contributed by atoms with van der Waals surface area (Å²) in [6.07, 6.45) is 6.11. The lowest BCUT2D eigenvalue weighted by molar-refractivity contribution is -0.116. The predicted octanol–water partition coefficient (Wildman–Crippen LogP) is 3.08. The zero-order valence-corrected chi connectivity index (χ0v) is 11.4. The highest BCUT2D eigenvalue weighted by molar-refractivity contribution is 5.96. The first-order valence-corrected chi connectivity index (χ1v) is 6.83. The number of hydrogen-bond acceptors (Lipinski definition) is 2. The van der Waals surface area contributed by atoms with Crippen molar-refractivity contribution in [3.63, 3.8) is 0 Å². The molecule has 0 atom stereocenters. The summed E-state index contributed by atoms with van der Waals surface area (Å²) in [4.78, 5) is 22.7. The number of carbonyl (C=O) groups is 2. The van der Waals surface area contributed by atoms with Crippen LogP contribution in [0.5, 0.6) is 0 Å². The predicted molar refractivity (Wildman–Crippen MR) is 77.0 cm³/mol. The maximum atomic E-state index is 11.7. The van der Waals surface area contributed by atoms with E-state index in [4.69, 9.17) is 5.73 Å². The molecular formula is C15H22N2O2. The van der Waals surface area contributed by atoms with Crippen molar-refractivity contribution < 1.29 is 9.59 Å². The first-order chi connectivity index (χ1) is 9.13. The van der Waals surface area contributed by atoms with Gasteiger partial charge < -0.3 is 11.1 Å². The molecule has 0 aliphatic heterocycles. The fourth-order valence-electron chi connectivity index (χ4n) is 1.86. The van der Waals surface area contributed by atoms with Crippen LogP contribution in [0.25, 0.3) is 0 Å². The Morgan fingerprint density at radius 1 is 1.16 bits per heavy atom. The van der Waals surface area contributed by atoms with Crippen LogP contribution in [0.2, 0.25) is 0 Å². The number of nitrogens with one attached hydrogen (secondary N) is 1. The molecule has 0 aliphatic carbocycles. The third-order valence-corrected chi connectivity index (χ3v) is 2.94. The van der Waals surface area contributed by atoms with Gasteiger partial charge in [-0.2, -0.15) is 0 Å². The van der Waals surface area contributed by atoms with Crippen LogP contribution < -0.4 is 11.1 Å². The highest BCUT2D eigenvalue weighted by Gasteiger charge is 2.05. The lowest BCUT2D eigenvalue weighted by Gasteiger charge is -2.06. The van der Waals surface area contributed by atoms with Crippen LogP contribution in [0.4, 0.5) is 5.69 Å². The lowest BCUT2D eigenvalue weighted by Crippen LogP contribution is -2.14. The molecule has 0 radical (unpaired) electrons. The number of nitrogens with two attached hydrogens (primary N) is 1. The number of unbranched alkanes of at least 4 members (excludes halogenated alkanes) is 4. The highest BCUT2D eigenvalue weighted by atomic mass is 16.2. The van der Waals surface area contributed by atoms with Gasteiger partial charge in [-0.15, -0.1) is 0 Å². The number of hydrogen-bond donors (Lipinski definition) is 2. The van der Waals surface area contributed by atoms with Gasteiger partial charge in [0, 0.05) is 17.7 Å². The van der Waals surface area contributed by atoms with Crippen LogP contribution in [0.3, 0.4) is 0 Å². The van der Waals surface area contributed by atoms with Crippen molar-refractivity contribution in [1.29, 1.82) is 0 Å². The Morgan fingerprint density at radius 2 is 1.89 bits per heavy atom. The fraction of sp³-hybridized carbons (Fsp3) is 0.467. The highest BCUT2D eigenvalue weighted by Crippen LogP contribution is 2.12. The molecular weight excluding hydrogens is 240 g/mol. The number of carbonyl (C=O) groups excluding carboxylic acids is 2. The maximum Gasteiger partial charge on any atom is 0.248 e. The molecule has 3 N–H and O–H groups in total. The van der Waals surface area contributed by atoms with E-state index < -0.39 is 5.91 Å². The normalized spacial score (nSPS) is 10.2. The number of benzene rings is 1. The largest absolute Gasteiger partial charge is 0.366 e. The second kappa shape index (κ2) is 8.29. The molecule has 1 aromatic rings. The molecule has 104 valence electrons. The summed E-state index contributed by atoms with van der Waals surface area (Å²) in [7, 11) is 0. The molecule has 0 bridgehead atoms. The first kappa shape index (κ1) is 15.2. The number of primary amides is 1. The van der Waals surface area contributed by atoms with Gasteiger partial charge in [0.05, 0.1) is 0 Å². The molecule has 0 saturated carbocycles. The van der Waals surface area contributed by atoms with Crippen molar-refractivity contribution in [3.8, 4) is 0 Å². The zero-order valence-electron chi connectivity index (χ0n) is 11.4. The van der Waals surface area contributed by atoms with Crippen molar-refractivity contribution in [3.05, 3.63) is 29.8 Å². The smallest absolute Gasteiger partial charge is 0.248 e. The van der Waals surface area contributed by atoms with Crippen molar-refractivity contribution in [2.45, 2.75) is 45.4 Å². The lowest BCUT2D eigenvalue weighted by atomic mass is 10.1. The standard InChI is InChI=1S/C15H22N2O2/c1-2-3-4-5-6-10-14(18)17-13-9-7-8-12(11-13)15(16)19/h7-9,11H,2-6,10H2,1H3,(H2,16,19)(H,17,18). The van der Waals surface area contributed by atoms with E-state index in [1.165, 1.54) is 19.3 Å². The molecule has 4 nitrogen and oxygen atoms in total. The summed E-state index contributed by atoms with van der Waals surface area (Å²) in [5.41, 5.74) is 6.21. The van der Waals surface area contributed by atoms with E-state index in [0.717, 1.165) is 12.8 Å². The second-order valence-electron chi connectivity index (χ2n) is 4.66. The Kier molecular flexibility index (Phi) is 6.64. The number of amides is 2. The topological polar surface area (TPSA) is 72.2 Å². The summed E-state index contributed by atoms with van der Waals surface area (Å²) < 4.78 is 0. The van der Waals surface area contributed by atoms with Gasteiger partial charge in [0.15, 0.2) is 0 Å². The maximum absolute atomic E-state index is 11.7. The van der Waals surface area contributed by atoms with E-state index in [-0.39, 0.29) is 5.91 Å². The zero-order chi connectivity index (χ0) is 14.1. The quantitative estimate of drug-likeness (QED) is 0.707. The van der Waals surface area contributed by atoms with Gasteiger partial charge in [-0.25, -0.2) is 0 Å². The summed E-state index contributed by atoms with van der Waals surface area (Å²) in [5.74, 6) is -0.506.